The fourth-order valence-corrected chi connectivity index (χ4v) is 4.24. The van der Waals surface area contributed by atoms with Crippen LogP contribution >= 0.6 is 11.7 Å². The van der Waals surface area contributed by atoms with Gasteiger partial charge in [-0.05, 0) is 6.42 Å². The van der Waals surface area contributed by atoms with Gasteiger partial charge in [-0.1, -0.05) is 26.2 Å². The third-order valence-electron chi connectivity index (χ3n) is 5.10. The first kappa shape index (κ1) is 17.3. The van der Waals surface area contributed by atoms with Gasteiger partial charge >= 0.3 is 11.9 Å². The fourth-order valence-electron chi connectivity index (χ4n) is 3.73. The molecule has 1 saturated heterocycles. The maximum Gasteiger partial charge on any atom is 0.424 e. The maximum atomic E-state index is 12.0. The lowest BCUT2D eigenvalue weighted by molar-refractivity contribution is -0.169. The normalized spacial score (nSPS) is 20.7. The topological polar surface area (TPSA) is 90.9 Å². The Labute approximate surface area is 155 Å². The average molecular weight is 379 g/mol. The zero-order valence-corrected chi connectivity index (χ0v) is 15.5. The van der Waals surface area contributed by atoms with Crippen LogP contribution in [-0.4, -0.2) is 50.9 Å². The van der Waals surface area contributed by atoms with E-state index in [0.29, 0.717) is 55.6 Å². The standard InChI is InChI=1S/C17H21N3O5S/c1-2-3-4-5-10-23-13-12(18-26-19-13)11-14-20-8-6-17(11,7-9-20)25-16(22)15(21)24-14/h2-10H2,1H3. The minimum absolute atomic E-state index is 0.363. The molecule has 0 unspecified atom stereocenters. The predicted octanol–water partition coefficient (Wildman–Crippen LogP) is 2.11. The van der Waals surface area contributed by atoms with Crippen LogP contribution in [0.3, 0.4) is 0 Å². The number of piperidine rings is 1. The van der Waals surface area contributed by atoms with E-state index in [1.165, 1.54) is 6.42 Å². The van der Waals surface area contributed by atoms with E-state index in [0.717, 1.165) is 31.0 Å². The second-order valence-electron chi connectivity index (χ2n) is 6.77. The van der Waals surface area contributed by atoms with Gasteiger partial charge in [0.1, 0.15) is 5.60 Å². The third kappa shape index (κ3) is 2.84. The van der Waals surface area contributed by atoms with Crippen LogP contribution in [0.2, 0.25) is 0 Å². The summed E-state index contributed by atoms with van der Waals surface area (Å²) in [7, 11) is 0. The van der Waals surface area contributed by atoms with Crippen molar-refractivity contribution in [3.63, 3.8) is 0 Å². The third-order valence-corrected chi connectivity index (χ3v) is 5.62. The highest BCUT2D eigenvalue weighted by atomic mass is 32.1. The SMILES string of the molecule is CCCCCCOc1nsnc1C1=C2OC(=O)C(=O)OC13CCN2CC3. The van der Waals surface area contributed by atoms with Gasteiger partial charge in [-0.2, -0.15) is 4.37 Å². The number of fused-ring (bicyclic) bond motifs is 2. The number of ether oxygens (including phenoxy) is 3. The molecule has 8 nitrogen and oxygen atoms in total. The molecule has 9 heteroatoms. The van der Waals surface area contributed by atoms with Crippen LogP contribution in [-0.2, 0) is 19.1 Å². The van der Waals surface area contributed by atoms with Gasteiger partial charge in [-0.25, -0.2) is 9.59 Å². The van der Waals surface area contributed by atoms with Gasteiger partial charge in [-0.15, -0.1) is 4.37 Å². The van der Waals surface area contributed by atoms with Gasteiger partial charge in [0.15, 0.2) is 5.69 Å². The summed E-state index contributed by atoms with van der Waals surface area (Å²) in [4.78, 5) is 25.9. The average Bonchev–Trinajstić information content (AvgIpc) is 3.08. The highest BCUT2D eigenvalue weighted by Gasteiger charge is 2.55. The maximum absolute atomic E-state index is 12.0. The first-order valence-corrected chi connectivity index (χ1v) is 9.78. The Morgan fingerprint density at radius 3 is 2.73 bits per heavy atom. The van der Waals surface area contributed by atoms with E-state index in [1.54, 1.807) is 0 Å². The number of esters is 2. The van der Waals surface area contributed by atoms with E-state index >= 15 is 0 Å². The predicted molar refractivity (Wildman–Crippen MR) is 92.2 cm³/mol. The molecule has 0 atom stereocenters. The molecule has 0 aromatic carbocycles. The zero-order chi connectivity index (χ0) is 18.1. The highest BCUT2D eigenvalue weighted by molar-refractivity contribution is 6.99. The Bertz CT molecular complexity index is 751. The quantitative estimate of drug-likeness (QED) is 0.404. The van der Waals surface area contributed by atoms with Crippen LogP contribution in [0.25, 0.3) is 5.57 Å². The number of hydrogen-bond acceptors (Lipinski definition) is 9. The summed E-state index contributed by atoms with van der Waals surface area (Å²) in [5.74, 6) is -1.16. The Hall–Kier alpha value is -2.16. The smallest absolute Gasteiger partial charge is 0.424 e. The van der Waals surface area contributed by atoms with Crippen LogP contribution in [0.15, 0.2) is 5.88 Å². The van der Waals surface area contributed by atoms with E-state index in [1.807, 2.05) is 4.90 Å². The van der Waals surface area contributed by atoms with Crippen molar-refractivity contribution in [1.82, 2.24) is 13.6 Å². The first-order valence-electron chi connectivity index (χ1n) is 9.05. The van der Waals surface area contributed by atoms with Gasteiger partial charge in [0.05, 0.1) is 23.9 Å². The van der Waals surface area contributed by atoms with Crippen molar-refractivity contribution in [2.24, 2.45) is 0 Å². The number of rotatable bonds is 7. The summed E-state index contributed by atoms with van der Waals surface area (Å²) in [6.45, 7) is 4.06. The number of carbonyl (C=O) groups is 2. The van der Waals surface area contributed by atoms with E-state index in [9.17, 15) is 9.59 Å². The molecule has 5 rings (SSSR count). The summed E-state index contributed by atoms with van der Waals surface area (Å²) in [5, 5.41) is 0. The molecular formula is C17H21N3O5S. The monoisotopic (exact) mass is 379 g/mol. The summed E-state index contributed by atoms with van der Waals surface area (Å²) in [5.41, 5.74) is 0.252. The van der Waals surface area contributed by atoms with Gasteiger partial charge in [0, 0.05) is 25.9 Å². The van der Waals surface area contributed by atoms with Crippen molar-refractivity contribution >= 4 is 29.2 Å². The number of unbranched alkanes of at least 4 members (excludes halogenated alkanes) is 3. The fraction of sp³-hybridized carbons (Fsp3) is 0.647. The molecule has 4 aliphatic rings. The lowest BCUT2D eigenvalue weighted by Crippen LogP contribution is -2.52. The van der Waals surface area contributed by atoms with Gasteiger partial charge in [0.2, 0.25) is 5.88 Å². The second kappa shape index (κ2) is 6.86. The summed E-state index contributed by atoms with van der Waals surface area (Å²) >= 11 is 1.04. The number of nitrogens with zero attached hydrogens (tertiary/aromatic N) is 3. The lowest BCUT2D eigenvalue weighted by atomic mass is 9.78. The van der Waals surface area contributed by atoms with E-state index in [-0.39, 0.29) is 0 Å². The van der Waals surface area contributed by atoms with Crippen molar-refractivity contribution in [2.75, 3.05) is 19.7 Å². The molecule has 1 spiro atoms. The van der Waals surface area contributed by atoms with E-state index in [4.69, 9.17) is 14.2 Å². The molecule has 0 N–H and O–H groups in total. The lowest BCUT2D eigenvalue weighted by Gasteiger charge is -2.47. The van der Waals surface area contributed by atoms with E-state index in [2.05, 4.69) is 15.7 Å². The molecule has 1 aromatic rings. The molecule has 1 aromatic heterocycles. The Balaban J connectivity index is 1.65. The molecule has 5 heterocycles. The molecule has 4 aliphatic heterocycles. The molecule has 0 saturated carbocycles. The number of carbonyl (C=O) groups excluding carboxylic acids is 2. The van der Waals surface area contributed by atoms with Crippen molar-refractivity contribution in [1.29, 1.82) is 0 Å². The Morgan fingerprint density at radius 2 is 1.96 bits per heavy atom. The molecule has 0 radical (unpaired) electrons. The van der Waals surface area contributed by atoms with Crippen LogP contribution in [0.4, 0.5) is 0 Å². The van der Waals surface area contributed by atoms with Crippen molar-refractivity contribution in [2.45, 2.75) is 51.0 Å². The molecule has 140 valence electrons. The van der Waals surface area contributed by atoms with Gasteiger partial charge in [0.25, 0.3) is 5.88 Å². The van der Waals surface area contributed by atoms with Crippen LogP contribution in [0, 0.1) is 0 Å². The van der Waals surface area contributed by atoms with Gasteiger partial charge < -0.3 is 19.1 Å². The highest BCUT2D eigenvalue weighted by Crippen LogP contribution is 2.50. The molecule has 26 heavy (non-hydrogen) atoms. The molecular weight excluding hydrogens is 358 g/mol. The van der Waals surface area contributed by atoms with Crippen molar-refractivity contribution in [3.05, 3.63) is 11.6 Å². The molecule has 0 aliphatic carbocycles. The zero-order valence-electron chi connectivity index (χ0n) is 14.7. The second-order valence-corrected chi connectivity index (χ2v) is 7.30. The molecule has 3 bridgehead atoms. The molecule has 1 fully saturated rings. The van der Waals surface area contributed by atoms with Crippen LogP contribution in [0.1, 0.15) is 51.1 Å². The Morgan fingerprint density at radius 1 is 1.15 bits per heavy atom. The summed E-state index contributed by atoms with van der Waals surface area (Å²) in [6, 6.07) is 0. The number of aromatic nitrogens is 2. The summed E-state index contributed by atoms with van der Waals surface area (Å²) in [6.07, 6.45) is 5.57. The van der Waals surface area contributed by atoms with Crippen LogP contribution in [0.5, 0.6) is 5.88 Å². The first-order chi connectivity index (χ1) is 12.6. The van der Waals surface area contributed by atoms with Crippen LogP contribution < -0.4 is 4.74 Å². The van der Waals surface area contributed by atoms with E-state index < -0.39 is 17.5 Å². The molecule has 0 amide bonds. The largest absolute Gasteiger partial charge is 0.475 e. The van der Waals surface area contributed by atoms with Crippen molar-refractivity contribution in [3.8, 4) is 5.88 Å². The summed E-state index contributed by atoms with van der Waals surface area (Å²) < 4.78 is 25.4. The number of hydrogen-bond donors (Lipinski definition) is 0. The minimum atomic E-state index is -0.988. The Kier molecular flexibility index (Phi) is 4.56. The van der Waals surface area contributed by atoms with Gasteiger partial charge in [-0.3, -0.25) is 0 Å². The van der Waals surface area contributed by atoms with Crippen molar-refractivity contribution < 1.29 is 23.8 Å². The minimum Gasteiger partial charge on any atom is -0.475 e.